The molecule has 1 saturated heterocycles. The van der Waals surface area contributed by atoms with Crippen LogP contribution >= 0.6 is 0 Å². The molecule has 8 heteroatoms. The summed E-state index contributed by atoms with van der Waals surface area (Å²) in [6.45, 7) is 0.902. The standard InChI is InChI=1S/C14H21N5O3/c1-16(8-11-7-15-18(3)9-11)12(20)5-4-6-19-13(21)10-17(2)14(19)22/h7,9H,4-6,8,10H2,1-3H3. The molecule has 2 rings (SSSR count). The van der Waals surface area contributed by atoms with Gasteiger partial charge in [0.15, 0.2) is 0 Å². The number of nitrogens with zero attached hydrogens (tertiary/aromatic N) is 5. The van der Waals surface area contributed by atoms with Gasteiger partial charge in [-0.3, -0.25) is 19.2 Å². The molecule has 120 valence electrons. The summed E-state index contributed by atoms with van der Waals surface area (Å²) in [4.78, 5) is 39.6. The van der Waals surface area contributed by atoms with Gasteiger partial charge in [0, 0.05) is 52.4 Å². The van der Waals surface area contributed by atoms with Gasteiger partial charge in [0.1, 0.15) is 6.54 Å². The number of imide groups is 1. The van der Waals surface area contributed by atoms with Crippen molar-refractivity contribution in [3.8, 4) is 0 Å². The van der Waals surface area contributed by atoms with Crippen molar-refractivity contribution in [2.45, 2.75) is 19.4 Å². The number of aryl methyl sites for hydroxylation is 1. The van der Waals surface area contributed by atoms with Crippen molar-refractivity contribution in [3.05, 3.63) is 18.0 Å². The molecular weight excluding hydrogens is 286 g/mol. The maximum absolute atomic E-state index is 12.1. The number of amides is 4. The van der Waals surface area contributed by atoms with Crippen LogP contribution in [0.25, 0.3) is 0 Å². The second kappa shape index (κ2) is 6.59. The lowest BCUT2D eigenvalue weighted by Crippen LogP contribution is -2.33. The number of likely N-dealkylation sites (N-methyl/N-ethyl adjacent to an activating group) is 1. The number of carbonyl (C=O) groups excluding carboxylic acids is 3. The minimum absolute atomic E-state index is 0.0173. The monoisotopic (exact) mass is 307 g/mol. The summed E-state index contributed by atoms with van der Waals surface area (Å²) in [6, 6.07) is -0.291. The molecule has 0 bridgehead atoms. The quantitative estimate of drug-likeness (QED) is 0.696. The van der Waals surface area contributed by atoms with E-state index in [4.69, 9.17) is 0 Å². The van der Waals surface area contributed by atoms with E-state index < -0.39 is 0 Å². The van der Waals surface area contributed by atoms with Gasteiger partial charge >= 0.3 is 6.03 Å². The van der Waals surface area contributed by atoms with Crippen LogP contribution in [0, 0.1) is 0 Å². The van der Waals surface area contributed by atoms with Crippen molar-refractivity contribution in [1.29, 1.82) is 0 Å². The fourth-order valence-electron chi connectivity index (χ4n) is 2.38. The largest absolute Gasteiger partial charge is 0.341 e. The third-order valence-corrected chi connectivity index (χ3v) is 3.61. The third kappa shape index (κ3) is 3.63. The Bertz CT molecular complexity index is 583. The van der Waals surface area contributed by atoms with E-state index in [2.05, 4.69) is 5.10 Å². The molecule has 0 radical (unpaired) electrons. The first-order valence-electron chi connectivity index (χ1n) is 7.15. The summed E-state index contributed by atoms with van der Waals surface area (Å²) in [5, 5.41) is 4.06. The highest BCUT2D eigenvalue weighted by atomic mass is 16.2. The summed E-state index contributed by atoms with van der Waals surface area (Å²) in [5.41, 5.74) is 0.963. The first kappa shape index (κ1) is 16.0. The Morgan fingerprint density at radius 3 is 2.64 bits per heavy atom. The van der Waals surface area contributed by atoms with E-state index >= 15 is 0 Å². The molecular formula is C14H21N5O3. The van der Waals surface area contributed by atoms with Crippen molar-refractivity contribution in [3.63, 3.8) is 0 Å². The van der Waals surface area contributed by atoms with Crippen LogP contribution in [0.4, 0.5) is 4.79 Å². The van der Waals surface area contributed by atoms with Gasteiger partial charge in [-0.1, -0.05) is 0 Å². The molecule has 1 aliphatic heterocycles. The molecule has 1 aromatic rings. The molecule has 4 amide bonds. The number of rotatable bonds is 6. The first-order chi connectivity index (χ1) is 10.4. The summed E-state index contributed by atoms with van der Waals surface area (Å²) in [7, 11) is 5.15. The van der Waals surface area contributed by atoms with Gasteiger partial charge in [-0.05, 0) is 6.42 Å². The van der Waals surface area contributed by atoms with E-state index in [0.717, 1.165) is 5.56 Å². The molecule has 0 saturated carbocycles. The van der Waals surface area contributed by atoms with Crippen LogP contribution in [0.3, 0.4) is 0 Å². The lowest BCUT2D eigenvalue weighted by molar-refractivity contribution is -0.131. The molecule has 1 aromatic heterocycles. The molecule has 0 N–H and O–H groups in total. The van der Waals surface area contributed by atoms with E-state index in [1.165, 1.54) is 9.80 Å². The fourth-order valence-corrected chi connectivity index (χ4v) is 2.38. The van der Waals surface area contributed by atoms with Crippen LogP contribution in [0.15, 0.2) is 12.4 Å². The molecule has 1 fully saturated rings. The average molecular weight is 307 g/mol. The third-order valence-electron chi connectivity index (χ3n) is 3.61. The van der Waals surface area contributed by atoms with Crippen molar-refractivity contribution in [1.82, 2.24) is 24.5 Å². The number of urea groups is 1. The molecule has 22 heavy (non-hydrogen) atoms. The van der Waals surface area contributed by atoms with Crippen LogP contribution in [0.5, 0.6) is 0 Å². The Morgan fingerprint density at radius 1 is 1.36 bits per heavy atom. The Morgan fingerprint density at radius 2 is 2.09 bits per heavy atom. The average Bonchev–Trinajstić information content (AvgIpc) is 2.96. The lowest BCUT2D eigenvalue weighted by atomic mass is 10.2. The number of aromatic nitrogens is 2. The molecule has 8 nitrogen and oxygen atoms in total. The van der Waals surface area contributed by atoms with Crippen molar-refractivity contribution in [2.24, 2.45) is 7.05 Å². The molecule has 0 aromatic carbocycles. The summed E-state index contributed by atoms with van der Waals surface area (Å²) in [6.07, 6.45) is 4.36. The Labute approximate surface area is 129 Å². The van der Waals surface area contributed by atoms with Crippen LogP contribution in [-0.2, 0) is 23.2 Å². The highest BCUT2D eigenvalue weighted by Gasteiger charge is 2.32. The van der Waals surface area contributed by atoms with Crippen molar-refractivity contribution >= 4 is 17.8 Å². The van der Waals surface area contributed by atoms with Gasteiger partial charge in [0.05, 0.1) is 6.20 Å². The highest BCUT2D eigenvalue weighted by molar-refractivity contribution is 6.01. The minimum atomic E-state index is -0.291. The smallest absolute Gasteiger partial charge is 0.326 e. The van der Waals surface area contributed by atoms with E-state index in [9.17, 15) is 14.4 Å². The maximum Gasteiger partial charge on any atom is 0.326 e. The number of hydrogen-bond acceptors (Lipinski definition) is 4. The molecule has 2 heterocycles. The van der Waals surface area contributed by atoms with Crippen LogP contribution in [-0.4, -0.2) is 69.5 Å². The highest BCUT2D eigenvalue weighted by Crippen LogP contribution is 2.10. The second-order valence-electron chi connectivity index (χ2n) is 5.56. The predicted octanol–water partition coefficient (Wildman–Crippen LogP) is 0.0527. The maximum atomic E-state index is 12.1. The normalized spacial score (nSPS) is 14.9. The van der Waals surface area contributed by atoms with Crippen molar-refractivity contribution < 1.29 is 14.4 Å². The SMILES string of the molecule is CN(Cc1cnn(C)c1)C(=O)CCCN1C(=O)CN(C)C1=O. The van der Waals surface area contributed by atoms with E-state index in [1.807, 2.05) is 13.2 Å². The van der Waals surface area contributed by atoms with Gasteiger partial charge < -0.3 is 9.80 Å². The van der Waals surface area contributed by atoms with E-state index in [1.54, 1.807) is 29.9 Å². The van der Waals surface area contributed by atoms with Crippen LogP contribution < -0.4 is 0 Å². The van der Waals surface area contributed by atoms with Gasteiger partial charge in [-0.15, -0.1) is 0 Å². The first-order valence-corrected chi connectivity index (χ1v) is 7.15. The second-order valence-corrected chi connectivity index (χ2v) is 5.56. The zero-order valence-electron chi connectivity index (χ0n) is 13.2. The number of carbonyl (C=O) groups is 3. The zero-order valence-corrected chi connectivity index (χ0v) is 13.2. The van der Waals surface area contributed by atoms with Gasteiger partial charge in [0.2, 0.25) is 11.8 Å². The Kier molecular flexibility index (Phi) is 4.79. The van der Waals surface area contributed by atoms with Gasteiger partial charge in [-0.2, -0.15) is 5.10 Å². The summed E-state index contributed by atoms with van der Waals surface area (Å²) < 4.78 is 1.69. The van der Waals surface area contributed by atoms with E-state index in [-0.39, 0.29) is 30.9 Å². The van der Waals surface area contributed by atoms with E-state index in [0.29, 0.717) is 19.4 Å². The summed E-state index contributed by atoms with van der Waals surface area (Å²) >= 11 is 0. The van der Waals surface area contributed by atoms with Crippen LogP contribution in [0.1, 0.15) is 18.4 Å². The molecule has 1 aliphatic rings. The van der Waals surface area contributed by atoms with Gasteiger partial charge in [0.25, 0.3) is 0 Å². The zero-order chi connectivity index (χ0) is 16.3. The Hall–Kier alpha value is -2.38. The topological polar surface area (TPSA) is 78.8 Å². The molecule has 0 aliphatic carbocycles. The fraction of sp³-hybridized carbons (Fsp3) is 0.571. The van der Waals surface area contributed by atoms with Crippen molar-refractivity contribution in [2.75, 3.05) is 27.2 Å². The summed E-state index contributed by atoms with van der Waals surface area (Å²) in [5.74, 6) is -0.222. The lowest BCUT2D eigenvalue weighted by Gasteiger charge is -2.17. The molecule has 0 atom stereocenters. The number of hydrogen-bond donors (Lipinski definition) is 0. The molecule has 0 spiro atoms. The predicted molar refractivity (Wildman–Crippen MR) is 78.7 cm³/mol. The molecule has 0 unspecified atom stereocenters. The van der Waals surface area contributed by atoms with Crippen LogP contribution in [0.2, 0.25) is 0 Å². The van der Waals surface area contributed by atoms with Gasteiger partial charge in [-0.25, -0.2) is 4.79 Å². The Balaban J connectivity index is 1.75. The minimum Gasteiger partial charge on any atom is -0.341 e.